The van der Waals surface area contributed by atoms with Gasteiger partial charge in [0.25, 0.3) is 0 Å². The molecule has 0 spiro atoms. The highest BCUT2D eigenvalue weighted by molar-refractivity contribution is 5.66. The molecule has 9 atom stereocenters. The summed E-state index contributed by atoms with van der Waals surface area (Å²) in [5.74, 6) is 4.34. The van der Waals surface area contributed by atoms with Gasteiger partial charge in [-0.1, -0.05) is 53.9 Å². The molecule has 4 aliphatic carbocycles. The summed E-state index contributed by atoms with van der Waals surface area (Å²) in [4.78, 5) is 11.5. The normalized spacial score (nSPS) is 44.3. The Balaban J connectivity index is 1.51. The third kappa shape index (κ3) is 4.21. The number of carbonyl (C=O) groups excluding carboxylic acids is 1. The van der Waals surface area contributed by atoms with Gasteiger partial charge in [-0.15, -0.1) is 0 Å². The summed E-state index contributed by atoms with van der Waals surface area (Å²) in [6.07, 6.45) is 13.9. The average molecular weight is 445 g/mol. The smallest absolute Gasteiger partial charge is 0.303 e. The molecule has 3 saturated carbocycles. The van der Waals surface area contributed by atoms with Crippen LogP contribution in [0, 0.1) is 46.3 Å². The fraction of sp³-hybridized carbons (Fsp3) is 0.897. The van der Waals surface area contributed by atoms with Crippen molar-refractivity contribution in [3.63, 3.8) is 0 Å². The molecule has 4 rings (SSSR count). The van der Waals surface area contributed by atoms with Gasteiger partial charge in [-0.05, 0) is 103 Å². The molecule has 0 bridgehead atoms. The summed E-state index contributed by atoms with van der Waals surface area (Å²) >= 11 is 0. The highest BCUT2D eigenvalue weighted by Crippen LogP contribution is 2.67. The quantitative estimate of drug-likeness (QED) is 0.357. The summed E-state index contributed by atoms with van der Waals surface area (Å²) in [5, 5.41) is 11.3. The Morgan fingerprint density at radius 2 is 1.84 bits per heavy atom. The van der Waals surface area contributed by atoms with Gasteiger partial charge in [0.1, 0.15) is 6.10 Å². The summed E-state index contributed by atoms with van der Waals surface area (Å²) in [6.45, 7) is 13.7. The van der Waals surface area contributed by atoms with E-state index in [1.807, 2.05) is 0 Å². The van der Waals surface area contributed by atoms with Crippen molar-refractivity contribution in [2.75, 3.05) is 0 Å². The Kier molecular flexibility index (Phi) is 6.90. The lowest BCUT2D eigenvalue weighted by atomic mass is 9.46. The van der Waals surface area contributed by atoms with Crippen LogP contribution in [0.5, 0.6) is 0 Å². The molecule has 0 aromatic carbocycles. The number of esters is 1. The maximum absolute atomic E-state index is 11.5. The Hall–Kier alpha value is -0.830. The van der Waals surface area contributed by atoms with Gasteiger partial charge in [0.05, 0.1) is 6.10 Å². The number of aliphatic hydroxyl groups excluding tert-OH is 1. The Bertz CT molecular complexity index is 726. The van der Waals surface area contributed by atoms with Gasteiger partial charge < -0.3 is 9.84 Å². The van der Waals surface area contributed by atoms with Gasteiger partial charge in [0.2, 0.25) is 0 Å². The van der Waals surface area contributed by atoms with Crippen molar-refractivity contribution in [1.82, 2.24) is 0 Å². The zero-order chi connectivity index (χ0) is 23.3. The van der Waals surface area contributed by atoms with Crippen molar-refractivity contribution in [3.05, 3.63) is 11.6 Å². The lowest BCUT2D eigenvalue weighted by Crippen LogP contribution is -2.54. The number of rotatable bonds is 6. The Labute approximate surface area is 196 Å². The van der Waals surface area contributed by atoms with Crippen LogP contribution in [0.3, 0.4) is 0 Å². The first-order valence-electron chi connectivity index (χ1n) is 13.6. The molecule has 0 unspecified atom stereocenters. The van der Waals surface area contributed by atoms with E-state index >= 15 is 0 Å². The fourth-order valence-corrected chi connectivity index (χ4v) is 9.07. The molecule has 3 nitrogen and oxygen atoms in total. The number of ether oxygens (including phenoxy) is 1. The van der Waals surface area contributed by atoms with E-state index in [-0.39, 0.29) is 23.6 Å². The van der Waals surface area contributed by atoms with Gasteiger partial charge in [-0.25, -0.2) is 0 Å². The minimum absolute atomic E-state index is 0.0707. The van der Waals surface area contributed by atoms with E-state index in [1.54, 1.807) is 0 Å². The number of hydrogen-bond acceptors (Lipinski definition) is 3. The first-order valence-corrected chi connectivity index (χ1v) is 13.6. The van der Waals surface area contributed by atoms with E-state index < -0.39 is 0 Å². The van der Waals surface area contributed by atoms with Crippen LogP contribution >= 0.6 is 0 Å². The predicted molar refractivity (Wildman–Crippen MR) is 130 cm³/mol. The van der Waals surface area contributed by atoms with E-state index in [0.717, 1.165) is 42.9 Å². The molecule has 0 saturated heterocycles. The summed E-state index contributed by atoms with van der Waals surface area (Å²) in [7, 11) is 0. The largest absolute Gasteiger partial charge is 0.458 e. The molecule has 1 N–H and O–H groups in total. The van der Waals surface area contributed by atoms with Crippen molar-refractivity contribution in [3.8, 4) is 0 Å². The minimum Gasteiger partial charge on any atom is -0.458 e. The standard InChI is InChI=1S/C29H48O3/c1-18(2)8-7-9-19(3)23-10-11-24-22-17-27(31)26-16-21(32-20(4)30)12-14-29(26,6)25(22)13-15-28(23,24)5/h16,18-19,21-25,27,31H,7-15,17H2,1-6H3/t19-,21-,22+,23-,24+,25+,27+,28-,29-/m1/s1. The molecule has 182 valence electrons. The first kappa shape index (κ1) is 24.3. The van der Waals surface area contributed by atoms with Crippen LogP contribution < -0.4 is 0 Å². The van der Waals surface area contributed by atoms with Crippen LogP contribution in [0.15, 0.2) is 11.6 Å². The third-order valence-corrected chi connectivity index (χ3v) is 10.6. The highest BCUT2D eigenvalue weighted by Gasteiger charge is 2.60. The van der Waals surface area contributed by atoms with Crippen LogP contribution in [0.25, 0.3) is 0 Å². The molecule has 3 heteroatoms. The fourth-order valence-electron chi connectivity index (χ4n) is 9.07. The van der Waals surface area contributed by atoms with Crippen molar-refractivity contribution in [2.24, 2.45) is 46.3 Å². The third-order valence-electron chi connectivity index (χ3n) is 10.6. The summed E-state index contributed by atoms with van der Waals surface area (Å²) in [5.41, 5.74) is 1.70. The van der Waals surface area contributed by atoms with Crippen LogP contribution in [-0.2, 0) is 9.53 Å². The molecule has 3 fully saturated rings. The van der Waals surface area contributed by atoms with Gasteiger partial charge in [0.15, 0.2) is 0 Å². The zero-order valence-electron chi connectivity index (χ0n) is 21.5. The van der Waals surface area contributed by atoms with Gasteiger partial charge in [-0.2, -0.15) is 0 Å². The Morgan fingerprint density at radius 3 is 2.53 bits per heavy atom. The van der Waals surface area contributed by atoms with Gasteiger partial charge in [0, 0.05) is 6.92 Å². The number of carbonyl (C=O) groups is 1. The lowest BCUT2D eigenvalue weighted by molar-refractivity contribution is -0.146. The molecule has 0 aromatic heterocycles. The maximum Gasteiger partial charge on any atom is 0.303 e. The van der Waals surface area contributed by atoms with E-state index in [2.05, 4.69) is 40.7 Å². The molecular formula is C29H48O3. The molecule has 0 aliphatic heterocycles. The second-order valence-electron chi connectivity index (χ2n) is 12.9. The summed E-state index contributed by atoms with van der Waals surface area (Å²) in [6, 6.07) is 0. The van der Waals surface area contributed by atoms with Gasteiger partial charge in [-0.3, -0.25) is 4.79 Å². The topological polar surface area (TPSA) is 46.5 Å². The molecule has 32 heavy (non-hydrogen) atoms. The second-order valence-corrected chi connectivity index (χ2v) is 12.9. The SMILES string of the molecule is CC(=O)O[C@H]1C=C2[C@@H](O)C[C@H]3[C@@H]4CC[C@H]([C@H](C)CCCC(C)C)[C@@]4(C)CC[C@@H]3[C@@]2(C)CC1. The van der Waals surface area contributed by atoms with Crippen LogP contribution in [-0.4, -0.2) is 23.3 Å². The van der Waals surface area contributed by atoms with Crippen LogP contribution in [0.2, 0.25) is 0 Å². The van der Waals surface area contributed by atoms with E-state index in [0.29, 0.717) is 17.3 Å². The predicted octanol–water partition coefficient (Wildman–Crippen LogP) is 6.93. The number of hydrogen-bond donors (Lipinski definition) is 1. The average Bonchev–Trinajstić information content (AvgIpc) is 3.06. The molecule has 0 amide bonds. The van der Waals surface area contributed by atoms with Crippen LogP contribution in [0.4, 0.5) is 0 Å². The lowest BCUT2D eigenvalue weighted by Gasteiger charge is -2.60. The highest BCUT2D eigenvalue weighted by atomic mass is 16.5. The van der Waals surface area contributed by atoms with Crippen LogP contribution in [0.1, 0.15) is 106 Å². The monoisotopic (exact) mass is 444 g/mol. The van der Waals surface area contributed by atoms with E-state index in [9.17, 15) is 9.90 Å². The molecule has 0 heterocycles. The van der Waals surface area contributed by atoms with Gasteiger partial charge >= 0.3 is 5.97 Å². The molecule has 0 radical (unpaired) electrons. The Morgan fingerprint density at radius 1 is 1.09 bits per heavy atom. The maximum atomic E-state index is 11.5. The van der Waals surface area contributed by atoms with E-state index in [4.69, 9.17) is 4.74 Å². The molecule has 4 aliphatic rings. The number of fused-ring (bicyclic) bond motifs is 5. The second kappa shape index (κ2) is 9.08. The first-order chi connectivity index (χ1) is 15.1. The van der Waals surface area contributed by atoms with Crippen molar-refractivity contribution in [2.45, 2.75) is 118 Å². The van der Waals surface area contributed by atoms with Crippen molar-refractivity contribution >= 4 is 5.97 Å². The molecule has 0 aromatic rings. The van der Waals surface area contributed by atoms with Crippen molar-refractivity contribution in [1.29, 1.82) is 0 Å². The van der Waals surface area contributed by atoms with E-state index in [1.165, 1.54) is 57.4 Å². The molecular weight excluding hydrogens is 396 g/mol. The number of aliphatic hydroxyl groups is 1. The van der Waals surface area contributed by atoms with Crippen molar-refractivity contribution < 1.29 is 14.6 Å². The summed E-state index contributed by atoms with van der Waals surface area (Å²) < 4.78 is 5.52. The minimum atomic E-state index is -0.371. The zero-order valence-corrected chi connectivity index (χ0v) is 21.5.